The van der Waals surface area contributed by atoms with E-state index in [0.717, 1.165) is 37.2 Å². The number of hydrogen-bond acceptors (Lipinski definition) is 4. The molecule has 0 unspecified atom stereocenters. The monoisotopic (exact) mass is 308 g/mol. The Morgan fingerprint density at radius 2 is 2.10 bits per heavy atom. The highest BCUT2D eigenvalue weighted by molar-refractivity contribution is 7.09. The molecule has 0 radical (unpaired) electrons. The molecule has 4 nitrogen and oxygen atoms in total. The molecule has 116 valence electrons. The van der Waals surface area contributed by atoms with Gasteiger partial charge in [0.25, 0.3) is 5.91 Å². The Kier molecular flexibility index (Phi) is 4.91. The summed E-state index contributed by atoms with van der Waals surface area (Å²) in [4.78, 5) is 19.2. The summed E-state index contributed by atoms with van der Waals surface area (Å²) in [6.07, 6.45) is 9.75. The Morgan fingerprint density at radius 3 is 2.81 bits per heavy atom. The third-order valence-corrected chi connectivity index (χ3v) is 5.45. The largest absolute Gasteiger partial charge is 0.365 e. The number of thiazole rings is 1. The van der Waals surface area contributed by atoms with Crippen molar-refractivity contribution in [1.29, 1.82) is 0 Å². The van der Waals surface area contributed by atoms with Gasteiger partial charge in [0.05, 0.1) is 12.1 Å². The van der Waals surface area contributed by atoms with Gasteiger partial charge in [0.2, 0.25) is 0 Å². The number of ether oxygens (including phenoxy) is 1. The van der Waals surface area contributed by atoms with Gasteiger partial charge in [0.15, 0.2) is 0 Å². The van der Waals surface area contributed by atoms with Crippen LogP contribution in [0.1, 0.15) is 62.9 Å². The molecule has 0 spiro atoms. The quantitative estimate of drug-likeness (QED) is 0.854. The third-order valence-electron chi connectivity index (χ3n) is 4.57. The molecule has 5 heteroatoms. The number of carbonyl (C=O) groups excluding carboxylic acids is 1. The maximum atomic E-state index is 12.8. The number of amides is 1. The summed E-state index contributed by atoms with van der Waals surface area (Å²) in [5.41, 5.74) is 0. The Morgan fingerprint density at radius 1 is 1.33 bits per heavy atom. The lowest BCUT2D eigenvalue weighted by Crippen LogP contribution is -2.44. The molecule has 1 aliphatic heterocycles. The number of rotatable bonds is 4. The smallest absolute Gasteiger partial charge is 0.252 e. The van der Waals surface area contributed by atoms with E-state index in [0.29, 0.717) is 0 Å². The molecule has 1 saturated carbocycles. The first-order chi connectivity index (χ1) is 10.3. The average molecular weight is 308 g/mol. The summed E-state index contributed by atoms with van der Waals surface area (Å²) in [6.45, 7) is 2.75. The zero-order valence-corrected chi connectivity index (χ0v) is 13.5. The lowest BCUT2D eigenvalue weighted by atomic mass is 10.0. The van der Waals surface area contributed by atoms with Crippen LogP contribution in [0.4, 0.5) is 0 Å². The lowest BCUT2D eigenvalue weighted by Gasteiger charge is -2.36. The van der Waals surface area contributed by atoms with E-state index >= 15 is 0 Å². The fourth-order valence-corrected chi connectivity index (χ4v) is 4.24. The van der Waals surface area contributed by atoms with E-state index in [-0.39, 0.29) is 24.2 Å². The van der Waals surface area contributed by atoms with Crippen molar-refractivity contribution < 1.29 is 9.53 Å². The molecule has 0 N–H and O–H groups in total. The average Bonchev–Trinajstić information content (AvgIpc) is 3.19. The van der Waals surface area contributed by atoms with Crippen LogP contribution in [0.2, 0.25) is 0 Å². The van der Waals surface area contributed by atoms with Crippen LogP contribution >= 0.6 is 11.3 Å². The highest BCUT2D eigenvalue weighted by Gasteiger charge is 2.33. The van der Waals surface area contributed by atoms with E-state index in [1.165, 1.54) is 19.3 Å². The minimum Gasteiger partial charge on any atom is -0.365 e. The standard InChI is InChI=1S/C16H24N2O2S/c1-12(20-13-6-2-3-7-13)16(19)18-10-5-4-8-14(18)15-17-9-11-21-15/h9,11-14H,2-8,10H2,1H3/t12-,14-/m0/s1. The molecule has 3 rings (SSSR count). The predicted molar refractivity (Wildman–Crippen MR) is 83.2 cm³/mol. The van der Waals surface area contributed by atoms with Crippen LogP contribution in [-0.4, -0.2) is 34.5 Å². The van der Waals surface area contributed by atoms with E-state index in [2.05, 4.69) is 4.98 Å². The number of piperidine rings is 1. The minimum absolute atomic E-state index is 0.141. The van der Waals surface area contributed by atoms with Crippen LogP contribution in [0.15, 0.2) is 11.6 Å². The first kappa shape index (κ1) is 15.0. The Balaban J connectivity index is 1.65. The number of aromatic nitrogens is 1. The first-order valence-electron chi connectivity index (χ1n) is 8.11. The van der Waals surface area contributed by atoms with Gasteiger partial charge in [0.1, 0.15) is 11.1 Å². The summed E-state index contributed by atoms with van der Waals surface area (Å²) >= 11 is 1.65. The van der Waals surface area contributed by atoms with E-state index in [9.17, 15) is 4.79 Å². The van der Waals surface area contributed by atoms with Crippen LogP contribution in [0.25, 0.3) is 0 Å². The van der Waals surface area contributed by atoms with E-state index in [1.807, 2.05) is 23.4 Å². The molecule has 2 aliphatic rings. The van der Waals surface area contributed by atoms with Gasteiger partial charge in [-0.05, 0) is 39.0 Å². The summed E-state index contributed by atoms with van der Waals surface area (Å²) in [7, 11) is 0. The lowest BCUT2D eigenvalue weighted by molar-refractivity contribution is -0.150. The predicted octanol–water partition coefficient (Wildman–Crippen LogP) is 3.54. The Hall–Kier alpha value is -0.940. The van der Waals surface area contributed by atoms with Crippen molar-refractivity contribution in [1.82, 2.24) is 9.88 Å². The van der Waals surface area contributed by atoms with Crippen LogP contribution in [0, 0.1) is 0 Å². The second-order valence-corrected chi connectivity index (χ2v) is 7.02. The Bertz CT molecular complexity index is 457. The van der Waals surface area contributed by atoms with Crippen molar-refractivity contribution in [3.63, 3.8) is 0 Å². The molecule has 1 amide bonds. The van der Waals surface area contributed by atoms with Gasteiger partial charge < -0.3 is 9.64 Å². The van der Waals surface area contributed by atoms with E-state index in [4.69, 9.17) is 4.74 Å². The van der Waals surface area contributed by atoms with Crippen molar-refractivity contribution in [2.75, 3.05) is 6.54 Å². The van der Waals surface area contributed by atoms with Gasteiger partial charge in [-0.2, -0.15) is 0 Å². The van der Waals surface area contributed by atoms with E-state index < -0.39 is 0 Å². The molecule has 2 heterocycles. The third kappa shape index (κ3) is 3.46. The van der Waals surface area contributed by atoms with Gasteiger partial charge >= 0.3 is 0 Å². The Labute approximate surface area is 130 Å². The van der Waals surface area contributed by atoms with Crippen LogP contribution in [-0.2, 0) is 9.53 Å². The maximum absolute atomic E-state index is 12.8. The SMILES string of the molecule is C[C@H](OC1CCCC1)C(=O)N1CCCC[C@H]1c1nccs1. The van der Waals surface area contributed by atoms with Crippen LogP contribution in [0.3, 0.4) is 0 Å². The molecule has 0 bridgehead atoms. The molecular weight excluding hydrogens is 284 g/mol. The molecule has 21 heavy (non-hydrogen) atoms. The van der Waals surface area contributed by atoms with Crippen LogP contribution < -0.4 is 0 Å². The first-order valence-corrected chi connectivity index (χ1v) is 8.99. The highest BCUT2D eigenvalue weighted by Crippen LogP contribution is 2.33. The molecular formula is C16H24N2O2S. The zero-order valence-electron chi connectivity index (χ0n) is 12.7. The van der Waals surface area contributed by atoms with Crippen molar-refractivity contribution in [3.05, 3.63) is 16.6 Å². The minimum atomic E-state index is -0.325. The fraction of sp³-hybridized carbons (Fsp3) is 0.750. The summed E-state index contributed by atoms with van der Waals surface area (Å²) < 4.78 is 5.98. The number of carbonyl (C=O) groups is 1. The normalized spacial score (nSPS) is 25.2. The van der Waals surface area contributed by atoms with E-state index in [1.54, 1.807) is 11.3 Å². The molecule has 1 aromatic rings. The molecule has 1 saturated heterocycles. The van der Waals surface area contributed by atoms with Crippen molar-refractivity contribution in [3.8, 4) is 0 Å². The summed E-state index contributed by atoms with van der Waals surface area (Å²) in [5, 5.41) is 3.06. The van der Waals surface area contributed by atoms with Crippen molar-refractivity contribution in [2.45, 2.75) is 70.1 Å². The van der Waals surface area contributed by atoms with Crippen LogP contribution in [0.5, 0.6) is 0 Å². The zero-order chi connectivity index (χ0) is 14.7. The van der Waals surface area contributed by atoms with Gasteiger partial charge in [0, 0.05) is 18.1 Å². The second kappa shape index (κ2) is 6.88. The maximum Gasteiger partial charge on any atom is 0.252 e. The molecule has 2 atom stereocenters. The topological polar surface area (TPSA) is 42.4 Å². The van der Waals surface area contributed by atoms with Gasteiger partial charge in [-0.1, -0.05) is 12.8 Å². The highest BCUT2D eigenvalue weighted by atomic mass is 32.1. The molecule has 2 fully saturated rings. The molecule has 1 aromatic heterocycles. The van der Waals surface area contributed by atoms with Gasteiger partial charge in [-0.25, -0.2) is 4.98 Å². The van der Waals surface area contributed by atoms with Crippen molar-refractivity contribution >= 4 is 17.2 Å². The van der Waals surface area contributed by atoms with Crippen molar-refractivity contribution in [2.24, 2.45) is 0 Å². The second-order valence-electron chi connectivity index (χ2n) is 6.10. The number of likely N-dealkylation sites (tertiary alicyclic amines) is 1. The number of hydrogen-bond donors (Lipinski definition) is 0. The molecule has 1 aliphatic carbocycles. The molecule has 0 aromatic carbocycles. The fourth-order valence-electron chi connectivity index (χ4n) is 3.46. The summed E-state index contributed by atoms with van der Waals surface area (Å²) in [5.74, 6) is 0.141. The van der Waals surface area contributed by atoms with Gasteiger partial charge in [-0.15, -0.1) is 11.3 Å². The number of nitrogens with zero attached hydrogens (tertiary/aromatic N) is 2. The summed E-state index contributed by atoms with van der Waals surface area (Å²) in [6, 6.07) is 0.154. The van der Waals surface area contributed by atoms with Gasteiger partial charge in [-0.3, -0.25) is 4.79 Å².